The summed E-state index contributed by atoms with van der Waals surface area (Å²) in [7, 11) is 0. The number of benzene rings is 1. The number of aliphatic hydroxyl groups excluding tert-OH is 1. The molecule has 1 aliphatic heterocycles. The molecule has 13 heteroatoms. The average Bonchev–Trinajstić information content (AvgIpc) is 3.38. The molecule has 1 aliphatic carbocycles. The summed E-state index contributed by atoms with van der Waals surface area (Å²) in [5, 5.41) is 16.5. The number of rotatable bonds is 6. The highest BCUT2D eigenvalue weighted by molar-refractivity contribution is 6.39. The van der Waals surface area contributed by atoms with Gasteiger partial charge in [-0.2, -0.15) is 4.98 Å². The number of nitrogens with two attached hydrogens (primary N) is 1. The maximum Gasteiger partial charge on any atom is 0.225 e. The van der Waals surface area contributed by atoms with E-state index in [1.165, 1.54) is 0 Å². The number of fused-ring (bicyclic) bond motifs is 1. The number of aromatic nitrogens is 4. The van der Waals surface area contributed by atoms with Crippen LogP contribution in [0.2, 0.25) is 10.0 Å². The fraction of sp³-hybridized carbons (Fsp3) is 0.455. The normalized spacial score (nSPS) is 24.6. The number of nitrogens with zero attached hydrogens (tertiary/aromatic N) is 4. The van der Waals surface area contributed by atoms with Gasteiger partial charge in [0, 0.05) is 12.0 Å². The minimum absolute atomic E-state index is 0.0424. The van der Waals surface area contributed by atoms with E-state index in [9.17, 15) is 14.3 Å². The smallest absolute Gasteiger partial charge is 0.225 e. The van der Waals surface area contributed by atoms with Gasteiger partial charge in [0.15, 0.2) is 5.65 Å². The van der Waals surface area contributed by atoms with Crippen molar-refractivity contribution in [2.75, 3.05) is 23.8 Å². The van der Waals surface area contributed by atoms with Crippen LogP contribution in [0.3, 0.4) is 0 Å². The quantitative estimate of drug-likeness (QED) is 0.385. The summed E-state index contributed by atoms with van der Waals surface area (Å²) in [6.07, 6.45) is 3.56. The Balaban J connectivity index is 1.54. The van der Waals surface area contributed by atoms with E-state index < -0.39 is 11.9 Å². The third-order valence-corrected chi connectivity index (χ3v) is 7.10. The molecule has 0 spiro atoms. The molecule has 1 saturated carbocycles. The summed E-state index contributed by atoms with van der Waals surface area (Å²) < 4.78 is 20.9. The minimum Gasteiger partial charge on any atom is -0.388 e. The van der Waals surface area contributed by atoms with E-state index in [1.54, 1.807) is 6.20 Å². The number of hydrogen-bond donors (Lipinski definition) is 4. The van der Waals surface area contributed by atoms with E-state index in [0.29, 0.717) is 61.0 Å². The fourth-order valence-corrected chi connectivity index (χ4v) is 5.19. The third kappa shape index (κ3) is 4.86. The molecule has 2 aromatic heterocycles. The molecule has 5 rings (SSSR count). The number of ether oxygens (including phenoxy) is 1. The molecule has 1 amide bonds. The zero-order valence-electron chi connectivity index (χ0n) is 18.5. The predicted molar refractivity (Wildman–Crippen MR) is 129 cm³/mol. The highest BCUT2D eigenvalue weighted by Gasteiger charge is 2.30. The molecular formula is C22H24Cl2FN7O3. The number of hydrogen-bond acceptors (Lipinski definition) is 8. The lowest BCUT2D eigenvalue weighted by molar-refractivity contribution is -0.122. The first kappa shape index (κ1) is 24.0. The zero-order chi connectivity index (χ0) is 24.7. The van der Waals surface area contributed by atoms with Crippen LogP contribution in [0, 0.1) is 11.7 Å². The predicted octanol–water partition coefficient (Wildman–Crippen LogP) is 3.40. The SMILES string of the molecule is NC(=O)C1CCC(n2c(Nc3c(Cl)cc(F)cc3Cl)nc3cnc(NC4COCC4O)nc32)CC1. The van der Waals surface area contributed by atoms with Crippen molar-refractivity contribution in [2.24, 2.45) is 11.7 Å². The maximum atomic E-state index is 13.7. The topological polar surface area (TPSA) is 140 Å². The summed E-state index contributed by atoms with van der Waals surface area (Å²) >= 11 is 12.5. The van der Waals surface area contributed by atoms with Gasteiger partial charge in [-0.1, -0.05) is 23.2 Å². The lowest BCUT2D eigenvalue weighted by Gasteiger charge is -2.29. The second-order valence-electron chi connectivity index (χ2n) is 8.84. The largest absolute Gasteiger partial charge is 0.388 e. The van der Waals surface area contributed by atoms with Crippen LogP contribution >= 0.6 is 23.2 Å². The lowest BCUT2D eigenvalue weighted by atomic mass is 9.85. The first-order valence-electron chi connectivity index (χ1n) is 11.3. The van der Waals surface area contributed by atoms with Gasteiger partial charge in [0.1, 0.15) is 11.3 Å². The van der Waals surface area contributed by atoms with Gasteiger partial charge < -0.3 is 26.2 Å². The van der Waals surface area contributed by atoms with Crippen molar-refractivity contribution in [3.05, 3.63) is 34.2 Å². The third-order valence-electron chi connectivity index (χ3n) is 6.51. The number of primary amides is 1. The Morgan fingerprint density at radius 3 is 2.51 bits per heavy atom. The Morgan fingerprint density at radius 2 is 1.89 bits per heavy atom. The number of aliphatic hydroxyl groups is 1. The Morgan fingerprint density at radius 1 is 1.17 bits per heavy atom. The van der Waals surface area contributed by atoms with E-state index in [1.807, 2.05) is 4.57 Å². The minimum atomic E-state index is -0.664. The number of imidazole rings is 1. The molecule has 2 unspecified atom stereocenters. The molecule has 186 valence electrons. The lowest BCUT2D eigenvalue weighted by Crippen LogP contribution is -2.32. The van der Waals surface area contributed by atoms with Crippen molar-refractivity contribution in [2.45, 2.75) is 43.9 Å². The number of halogens is 3. The molecule has 2 fully saturated rings. The summed E-state index contributed by atoms with van der Waals surface area (Å²) in [6, 6.07) is 1.96. The molecule has 0 bridgehead atoms. The Hall–Kier alpha value is -2.73. The van der Waals surface area contributed by atoms with Crippen LogP contribution in [-0.2, 0) is 9.53 Å². The van der Waals surface area contributed by atoms with Gasteiger partial charge in [-0.15, -0.1) is 0 Å². The number of amides is 1. The maximum absolute atomic E-state index is 13.7. The first-order valence-corrected chi connectivity index (χ1v) is 12.0. The Bertz CT molecular complexity index is 1240. The standard InChI is InChI=1S/C22H24Cl2FN7O3/c23-13-5-11(25)6-14(24)18(13)30-22-29-15-7-27-21(28-16-8-35-9-17(16)33)31-20(15)32(22)12-3-1-10(2-4-12)19(26)34/h5-7,10,12,16-17,33H,1-4,8-9H2,(H2,26,34)(H,29,30)(H,27,28,31). The van der Waals surface area contributed by atoms with Crippen molar-refractivity contribution >= 4 is 57.9 Å². The van der Waals surface area contributed by atoms with Crippen LogP contribution in [0.4, 0.5) is 22.0 Å². The summed E-state index contributed by atoms with van der Waals surface area (Å²) in [6.45, 7) is 0.585. The first-order chi connectivity index (χ1) is 16.8. The molecule has 0 radical (unpaired) electrons. The number of nitrogens with one attached hydrogen (secondary N) is 2. The molecule has 3 aromatic rings. The molecular weight excluding hydrogens is 500 g/mol. The van der Waals surface area contributed by atoms with Crippen molar-refractivity contribution in [3.63, 3.8) is 0 Å². The molecule has 35 heavy (non-hydrogen) atoms. The van der Waals surface area contributed by atoms with Gasteiger partial charge in [-0.25, -0.2) is 14.4 Å². The monoisotopic (exact) mass is 523 g/mol. The van der Waals surface area contributed by atoms with Crippen molar-refractivity contribution in [1.82, 2.24) is 19.5 Å². The average molecular weight is 524 g/mol. The van der Waals surface area contributed by atoms with Crippen LogP contribution in [0.15, 0.2) is 18.3 Å². The van der Waals surface area contributed by atoms with Gasteiger partial charge in [0.05, 0.1) is 47.3 Å². The summed E-state index contributed by atoms with van der Waals surface area (Å²) in [5.41, 5.74) is 6.90. The Labute approximate surface area is 210 Å². The van der Waals surface area contributed by atoms with Crippen LogP contribution in [0.25, 0.3) is 11.2 Å². The van der Waals surface area contributed by atoms with E-state index in [2.05, 4.69) is 25.6 Å². The molecule has 2 atom stereocenters. The van der Waals surface area contributed by atoms with E-state index in [4.69, 9.17) is 33.7 Å². The van der Waals surface area contributed by atoms with E-state index in [0.717, 1.165) is 12.1 Å². The molecule has 1 aromatic carbocycles. The zero-order valence-corrected chi connectivity index (χ0v) is 20.1. The summed E-state index contributed by atoms with van der Waals surface area (Å²) in [4.78, 5) is 25.3. The van der Waals surface area contributed by atoms with Gasteiger partial charge in [0.2, 0.25) is 17.8 Å². The van der Waals surface area contributed by atoms with Crippen LogP contribution in [0.1, 0.15) is 31.7 Å². The summed E-state index contributed by atoms with van der Waals surface area (Å²) in [5.74, 6) is -0.289. The van der Waals surface area contributed by atoms with Crippen molar-refractivity contribution in [1.29, 1.82) is 0 Å². The molecule has 1 saturated heterocycles. The second-order valence-corrected chi connectivity index (χ2v) is 9.66. The Kier molecular flexibility index (Phi) is 6.67. The van der Waals surface area contributed by atoms with E-state index >= 15 is 0 Å². The van der Waals surface area contributed by atoms with Gasteiger partial charge in [-0.3, -0.25) is 9.36 Å². The molecule has 2 aliphatic rings. The van der Waals surface area contributed by atoms with Crippen LogP contribution < -0.4 is 16.4 Å². The molecule has 3 heterocycles. The fourth-order valence-electron chi connectivity index (χ4n) is 4.63. The highest BCUT2D eigenvalue weighted by Crippen LogP contribution is 2.39. The van der Waals surface area contributed by atoms with Gasteiger partial charge in [-0.05, 0) is 37.8 Å². The number of carbonyl (C=O) groups excluding carboxylic acids is 1. The molecule has 10 nitrogen and oxygen atoms in total. The van der Waals surface area contributed by atoms with Crippen molar-refractivity contribution in [3.8, 4) is 0 Å². The van der Waals surface area contributed by atoms with Gasteiger partial charge in [0.25, 0.3) is 0 Å². The van der Waals surface area contributed by atoms with Crippen LogP contribution in [0.5, 0.6) is 0 Å². The second kappa shape index (κ2) is 9.73. The van der Waals surface area contributed by atoms with Crippen molar-refractivity contribution < 1.29 is 19.0 Å². The van der Waals surface area contributed by atoms with E-state index in [-0.39, 0.29) is 40.6 Å². The van der Waals surface area contributed by atoms with Gasteiger partial charge >= 0.3 is 0 Å². The highest BCUT2D eigenvalue weighted by atomic mass is 35.5. The molecule has 5 N–H and O–H groups in total. The number of carbonyl (C=O) groups is 1. The van der Waals surface area contributed by atoms with Crippen LogP contribution in [-0.4, -0.2) is 55.9 Å². The number of anilines is 3.